The van der Waals surface area contributed by atoms with Crippen LogP contribution in [0.25, 0.3) is 0 Å². The average Bonchev–Trinajstić information content (AvgIpc) is 3.06. The van der Waals surface area contributed by atoms with Gasteiger partial charge in [0.15, 0.2) is 0 Å². The fourth-order valence-corrected chi connectivity index (χ4v) is 4.15. The summed E-state index contributed by atoms with van der Waals surface area (Å²) in [6, 6.07) is 10.1. The fourth-order valence-electron chi connectivity index (χ4n) is 3.92. The zero-order chi connectivity index (χ0) is 20.4. The SMILES string of the molecule is CCc1cccc(CC)c1N1C[C@@H](C(=O)Nc2cc(C)c(Br)c(C)c2)CC1=O. The first-order valence-electron chi connectivity index (χ1n) is 9.84. The van der Waals surface area contributed by atoms with Crippen LogP contribution in [0.4, 0.5) is 11.4 Å². The van der Waals surface area contributed by atoms with E-state index < -0.39 is 0 Å². The Kier molecular flexibility index (Phi) is 6.23. The highest BCUT2D eigenvalue weighted by atomic mass is 79.9. The number of halogens is 1. The normalized spacial score (nSPS) is 16.5. The van der Waals surface area contributed by atoms with Crippen LogP contribution in [-0.2, 0) is 22.4 Å². The minimum absolute atomic E-state index is 0.0268. The molecule has 3 rings (SSSR count). The minimum Gasteiger partial charge on any atom is -0.326 e. The lowest BCUT2D eigenvalue weighted by Gasteiger charge is -2.23. The number of rotatable bonds is 5. The molecule has 1 saturated heterocycles. The van der Waals surface area contributed by atoms with E-state index in [4.69, 9.17) is 0 Å². The Balaban J connectivity index is 1.81. The number of para-hydroxylation sites is 1. The van der Waals surface area contributed by atoms with Crippen LogP contribution in [-0.4, -0.2) is 18.4 Å². The molecule has 0 spiro atoms. The number of hydrogen-bond donors (Lipinski definition) is 1. The first kappa shape index (κ1) is 20.6. The van der Waals surface area contributed by atoms with Crippen LogP contribution in [0.2, 0.25) is 0 Å². The number of anilines is 2. The monoisotopic (exact) mass is 442 g/mol. The zero-order valence-corrected chi connectivity index (χ0v) is 18.5. The van der Waals surface area contributed by atoms with Crippen molar-refractivity contribution in [2.75, 3.05) is 16.8 Å². The molecule has 5 heteroatoms. The molecule has 0 unspecified atom stereocenters. The zero-order valence-electron chi connectivity index (χ0n) is 16.9. The van der Waals surface area contributed by atoms with Crippen LogP contribution >= 0.6 is 15.9 Å². The third-order valence-corrected chi connectivity index (χ3v) is 6.69. The second kappa shape index (κ2) is 8.48. The molecular formula is C23H27BrN2O2. The van der Waals surface area contributed by atoms with Crippen molar-refractivity contribution < 1.29 is 9.59 Å². The van der Waals surface area contributed by atoms with Gasteiger partial charge in [0.2, 0.25) is 11.8 Å². The lowest BCUT2D eigenvalue weighted by atomic mass is 10.0. The number of benzene rings is 2. The largest absolute Gasteiger partial charge is 0.326 e. The van der Waals surface area contributed by atoms with Gasteiger partial charge in [0.05, 0.1) is 5.92 Å². The van der Waals surface area contributed by atoms with Crippen molar-refractivity contribution in [1.29, 1.82) is 0 Å². The Morgan fingerprint density at radius 3 is 2.25 bits per heavy atom. The summed E-state index contributed by atoms with van der Waals surface area (Å²) in [5.41, 5.74) is 6.24. The van der Waals surface area contributed by atoms with Crippen molar-refractivity contribution in [3.63, 3.8) is 0 Å². The maximum Gasteiger partial charge on any atom is 0.229 e. The van der Waals surface area contributed by atoms with Crippen LogP contribution in [0.5, 0.6) is 0 Å². The number of carbonyl (C=O) groups is 2. The van der Waals surface area contributed by atoms with E-state index in [0.717, 1.165) is 50.9 Å². The van der Waals surface area contributed by atoms with Crippen LogP contribution in [0, 0.1) is 19.8 Å². The van der Waals surface area contributed by atoms with Gasteiger partial charge in [-0.05, 0) is 61.1 Å². The summed E-state index contributed by atoms with van der Waals surface area (Å²) in [7, 11) is 0. The second-order valence-corrected chi connectivity index (χ2v) is 8.24. The number of amides is 2. The molecule has 2 amide bonds. The Morgan fingerprint density at radius 2 is 1.71 bits per heavy atom. The van der Waals surface area contributed by atoms with E-state index >= 15 is 0 Å². The molecule has 1 heterocycles. The van der Waals surface area contributed by atoms with E-state index in [1.807, 2.05) is 36.9 Å². The van der Waals surface area contributed by atoms with Gasteiger partial charge in [0.1, 0.15) is 0 Å². The van der Waals surface area contributed by atoms with Gasteiger partial charge in [0.25, 0.3) is 0 Å². The molecule has 28 heavy (non-hydrogen) atoms. The number of nitrogens with zero attached hydrogens (tertiary/aromatic N) is 1. The molecule has 4 nitrogen and oxygen atoms in total. The summed E-state index contributed by atoms with van der Waals surface area (Å²) in [6.07, 6.45) is 1.98. The maximum atomic E-state index is 12.9. The lowest BCUT2D eigenvalue weighted by molar-refractivity contribution is -0.122. The van der Waals surface area contributed by atoms with Crippen molar-refractivity contribution in [3.05, 3.63) is 57.1 Å². The van der Waals surface area contributed by atoms with E-state index in [-0.39, 0.29) is 24.2 Å². The molecule has 1 aliphatic rings. The van der Waals surface area contributed by atoms with Gasteiger partial charge in [-0.3, -0.25) is 9.59 Å². The van der Waals surface area contributed by atoms with Gasteiger partial charge < -0.3 is 10.2 Å². The van der Waals surface area contributed by atoms with Gasteiger partial charge in [0, 0.05) is 28.8 Å². The second-order valence-electron chi connectivity index (χ2n) is 7.45. The Labute approximate surface area is 175 Å². The third-order valence-electron chi connectivity index (χ3n) is 5.43. The summed E-state index contributed by atoms with van der Waals surface area (Å²) >= 11 is 3.55. The van der Waals surface area contributed by atoms with Gasteiger partial charge in [-0.25, -0.2) is 0 Å². The maximum absolute atomic E-state index is 12.9. The Bertz CT molecular complexity index is 878. The highest BCUT2D eigenvalue weighted by Gasteiger charge is 2.36. The van der Waals surface area contributed by atoms with Crippen molar-refractivity contribution in [1.82, 2.24) is 0 Å². The van der Waals surface area contributed by atoms with E-state index in [2.05, 4.69) is 47.2 Å². The first-order chi connectivity index (χ1) is 13.3. The molecule has 1 fully saturated rings. The molecule has 0 bridgehead atoms. The Morgan fingerprint density at radius 1 is 1.14 bits per heavy atom. The predicted octanol–water partition coefficient (Wildman–Crippen LogP) is 5.18. The molecule has 2 aromatic rings. The number of hydrogen-bond acceptors (Lipinski definition) is 2. The molecule has 0 radical (unpaired) electrons. The van der Waals surface area contributed by atoms with Crippen LogP contribution < -0.4 is 10.2 Å². The molecule has 0 aromatic heterocycles. The minimum atomic E-state index is -0.341. The quantitative estimate of drug-likeness (QED) is 0.692. The van der Waals surface area contributed by atoms with Crippen LogP contribution in [0.3, 0.4) is 0 Å². The van der Waals surface area contributed by atoms with E-state index in [1.54, 1.807) is 0 Å². The Hall–Kier alpha value is -2.14. The lowest BCUT2D eigenvalue weighted by Crippen LogP contribution is -2.29. The highest BCUT2D eigenvalue weighted by molar-refractivity contribution is 9.10. The van der Waals surface area contributed by atoms with E-state index in [9.17, 15) is 9.59 Å². The fraction of sp³-hybridized carbons (Fsp3) is 0.391. The van der Waals surface area contributed by atoms with Crippen molar-refractivity contribution in [2.24, 2.45) is 5.92 Å². The third kappa shape index (κ3) is 4.00. The molecule has 1 aliphatic heterocycles. The van der Waals surface area contributed by atoms with Crippen LogP contribution in [0.15, 0.2) is 34.8 Å². The van der Waals surface area contributed by atoms with Crippen molar-refractivity contribution in [2.45, 2.75) is 47.0 Å². The van der Waals surface area contributed by atoms with Crippen LogP contribution in [0.1, 0.15) is 42.5 Å². The molecule has 1 atom stereocenters. The summed E-state index contributed by atoms with van der Waals surface area (Å²) in [5, 5.41) is 3.00. The molecule has 2 aromatic carbocycles. The predicted molar refractivity (Wildman–Crippen MR) is 118 cm³/mol. The van der Waals surface area contributed by atoms with Crippen molar-refractivity contribution in [3.8, 4) is 0 Å². The van der Waals surface area contributed by atoms with Gasteiger partial charge in [-0.1, -0.05) is 48.0 Å². The van der Waals surface area contributed by atoms with E-state index in [1.165, 1.54) is 0 Å². The molecule has 1 N–H and O–H groups in total. The molecule has 0 saturated carbocycles. The summed E-state index contributed by atoms with van der Waals surface area (Å²) in [4.78, 5) is 27.4. The number of aryl methyl sites for hydroxylation is 4. The standard InChI is InChI=1S/C23H27BrN2O2/c1-5-16-8-7-9-17(6-2)22(16)26-13-18(12-20(26)27)23(28)25-19-10-14(3)21(24)15(4)11-19/h7-11,18H,5-6,12-13H2,1-4H3,(H,25,28)/t18-/m0/s1. The first-order valence-corrected chi connectivity index (χ1v) is 10.6. The summed E-state index contributed by atoms with van der Waals surface area (Å²) in [5.74, 6) is -0.408. The molecule has 0 aliphatic carbocycles. The average molecular weight is 443 g/mol. The van der Waals surface area contributed by atoms with Gasteiger partial charge in [-0.15, -0.1) is 0 Å². The van der Waals surface area contributed by atoms with Crippen molar-refractivity contribution >= 4 is 39.1 Å². The summed E-state index contributed by atoms with van der Waals surface area (Å²) in [6.45, 7) is 8.63. The van der Waals surface area contributed by atoms with Gasteiger partial charge >= 0.3 is 0 Å². The molecular weight excluding hydrogens is 416 g/mol. The topological polar surface area (TPSA) is 49.4 Å². The number of nitrogens with one attached hydrogen (secondary N) is 1. The molecule has 148 valence electrons. The smallest absolute Gasteiger partial charge is 0.229 e. The van der Waals surface area contributed by atoms with E-state index in [0.29, 0.717) is 6.54 Å². The van der Waals surface area contributed by atoms with Gasteiger partial charge in [-0.2, -0.15) is 0 Å². The summed E-state index contributed by atoms with van der Waals surface area (Å²) < 4.78 is 1.05. The highest BCUT2D eigenvalue weighted by Crippen LogP contribution is 2.33. The number of carbonyl (C=O) groups excluding carboxylic acids is 2.